The minimum atomic E-state index is -1.01. The Labute approximate surface area is 121 Å². The molecule has 21 heavy (non-hydrogen) atoms. The zero-order valence-electron chi connectivity index (χ0n) is 12.1. The fourth-order valence-electron chi connectivity index (χ4n) is 1.94. The summed E-state index contributed by atoms with van der Waals surface area (Å²) in [6, 6.07) is 0. The highest BCUT2D eigenvalue weighted by atomic mass is 16.6. The molecule has 0 aliphatic rings. The van der Waals surface area contributed by atoms with Gasteiger partial charge in [0.15, 0.2) is 0 Å². The molecule has 1 rings (SSSR count). The van der Waals surface area contributed by atoms with Crippen LogP contribution in [0.4, 0.5) is 11.5 Å². The Bertz CT molecular complexity index is 530. The molecule has 9 nitrogen and oxygen atoms in total. The Kier molecular flexibility index (Phi) is 5.39. The monoisotopic (exact) mass is 298 g/mol. The van der Waals surface area contributed by atoms with E-state index in [0.29, 0.717) is 12.8 Å². The van der Waals surface area contributed by atoms with Crippen molar-refractivity contribution in [2.75, 3.05) is 19.0 Å². The molecular formula is C12H18N4O5. The average Bonchev–Trinajstić information content (AvgIpc) is 2.47. The molecule has 0 aliphatic carbocycles. The zero-order valence-corrected chi connectivity index (χ0v) is 12.1. The maximum Gasteiger partial charge on any atom is 0.372 e. The maximum absolute atomic E-state index is 11.4. The summed E-state index contributed by atoms with van der Waals surface area (Å²) in [5.74, 6) is -1.19. The summed E-state index contributed by atoms with van der Waals surface area (Å²) < 4.78 is 4.83. The van der Waals surface area contributed by atoms with Crippen molar-refractivity contribution in [2.24, 2.45) is 5.41 Å². The van der Waals surface area contributed by atoms with Gasteiger partial charge in [0.2, 0.25) is 5.82 Å². The van der Waals surface area contributed by atoms with Gasteiger partial charge in [-0.05, 0) is 12.8 Å². The van der Waals surface area contributed by atoms with Crippen LogP contribution in [0.5, 0.6) is 5.88 Å². The molecule has 0 saturated heterocycles. The van der Waals surface area contributed by atoms with E-state index >= 15 is 0 Å². The summed E-state index contributed by atoms with van der Waals surface area (Å²) in [4.78, 5) is 29.3. The van der Waals surface area contributed by atoms with Crippen molar-refractivity contribution >= 4 is 17.5 Å². The molecule has 0 radical (unpaired) electrons. The molecule has 1 aromatic heterocycles. The standard InChI is InChI=1S/C12H18N4O5/c1-4-12(5-2,11(17)18)6-13-9-8(16(19)20)10(21-3)15-7-14-9/h7H,4-6H2,1-3H3,(H,17,18)(H,13,14,15). The molecule has 0 aliphatic heterocycles. The van der Waals surface area contributed by atoms with Crippen molar-refractivity contribution in [3.8, 4) is 5.88 Å². The normalized spacial score (nSPS) is 11.0. The summed E-state index contributed by atoms with van der Waals surface area (Å²) in [6.45, 7) is 3.54. The quantitative estimate of drug-likeness (QED) is 0.548. The third kappa shape index (κ3) is 3.36. The van der Waals surface area contributed by atoms with Crippen LogP contribution in [0.15, 0.2) is 6.33 Å². The molecule has 116 valence electrons. The first-order valence-electron chi connectivity index (χ1n) is 6.42. The predicted molar refractivity (Wildman–Crippen MR) is 74.4 cm³/mol. The number of carboxylic acids is 1. The minimum absolute atomic E-state index is 0.0241. The first-order chi connectivity index (χ1) is 9.91. The van der Waals surface area contributed by atoms with Gasteiger partial charge < -0.3 is 15.2 Å². The molecule has 0 fully saturated rings. The van der Waals surface area contributed by atoms with Crippen LogP contribution in [0, 0.1) is 15.5 Å². The van der Waals surface area contributed by atoms with E-state index in [0.717, 1.165) is 6.33 Å². The number of hydrogen-bond acceptors (Lipinski definition) is 7. The van der Waals surface area contributed by atoms with E-state index in [1.54, 1.807) is 13.8 Å². The molecule has 2 N–H and O–H groups in total. The topological polar surface area (TPSA) is 127 Å². The number of carboxylic acid groups (broad SMARTS) is 1. The highest BCUT2D eigenvalue weighted by Gasteiger charge is 2.36. The molecule has 1 aromatic rings. The number of nitrogens with zero attached hydrogens (tertiary/aromatic N) is 3. The number of methoxy groups -OCH3 is 1. The molecule has 0 unspecified atom stereocenters. The van der Waals surface area contributed by atoms with Gasteiger partial charge in [0.1, 0.15) is 6.33 Å². The largest absolute Gasteiger partial charge is 0.481 e. The van der Waals surface area contributed by atoms with Crippen molar-refractivity contribution in [3.05, 3.63) is 16.4 Å². The first-order valence-corrected chi connectivity index (χ1v) is 6.42. The molecule has 0 saturated carbocycles. The Balaban J connectivity index is 3.09. The van der Waals surface area contributed by atoms with E-state index in [-0.39, 0.29) is 18.2 Å². The van der Waals surface area contributed by atoms with Crippen LogP contribution in [0.3, 0.4) is 0 Å². The molecule has 9 heteroatoms. The van der Waals surface area contributed by atoms with E-state index < -0.39 is 22.0 Å². The molecule has 0 aromatic carbocycles. The lowest BCUT2D eigenvalue weighted by atomic mass is 9.82. The van der Waals surface area contributed by atoms with E-state index in [2.05, 4.69) is 15.3 Å². The van der Waals surface area contributed by atoms with Gasteiger partial charge in [-0.3, -0.25) is 14.9 Å². The van der Waals surface area contributed by atoms with Crippen molar-refractivity contribution in [3.63, 3.8) is 0 Å². The van der Waals surface area contributed by atoms with Gasteiger partial charge in [0.05, 0.1) is 17.4 Å². The third-order valence-electron chi connectivity index (χ3n) is 3.57. The van der Waals surface area contributed by atoms with Gasteiger partial charge in [-0.15, -0.1) is 0 Å². The van der Waals surface area contributed by atoms with Crippen LogP contribution in [-0.4, -0.2) is 39.6 Å². The van der Waals surface area contributed by atoms with E-state index in [1.165, 1.54) is 7.11 Å². The highest BCUT2D eigenvalue weighted by molar-refractivity contribution is 5.75. The number of ether oxygens (including phenoxy) is 1. The number of hydrogen-bond donors (Lipinski definition) is 2. The van der Waals surface area contributed by atoms with Crippen LogP contribution < -0.4 is 10.1 Å². The summed E-state index contributed by atoms with van der Waals surface area (Å²) in [6.07, 6.45) is 1.90. The minimum Gasteiger partial charge on any atom is -0.481 e. The SMILES string of the molecule is CCC(CC)(CNc1ncnc(OC)c1[N+](=O)[O-])C(=O)O. The van der Waals surface area contributed by atoms with Gasteiger partial charge in [0, 0.05) is 6.54 Å². The van der Waals surface area contributed by atoms with Gasteiger partial charge >= 0.3 is 11.7 Å². The van der Waals surface area contributed by atoms with Crippen molar-refractivity contribution < 1.29 is 19.6 Å². The first kappa shape index (κ1) is 16.6. The second kappa shape index (κ2) is 6.82. The van der Waals surface area contributed by atoms with Gasteiger partial charge in [-0.2, -0.15) is 4.98 Å². The summed E-state index contributed by atoms with van der Waals surface area (Å²) in [5.41, 5.74) is -1.42. The van der Waals surface area contributed by atoms with Crippen LogP contribution in [0.2, 0.25) is 0 Å². The molecule has 1 heterocycles. The number of carbonyl (C=O) groups is 1. The maximum atomic E-state index is 11.4. The molecule has 0 spiro atoms. The van der Waals surface area contributed by atoms with E-state index in [4.69, 9.17) is 4.74 Å². The summed E-state index contributed by atoms with van der Waals surface area (Å²) >= 11 is 0. The second-order valence-electron chi connectivity index (χ2n) is 4.48. The Morgan fingerprint density at radius 3 is 2.52 bits per heavy atom. The lowest BCUT2D eigenvalue weighted by molar-refractivity contribution is -0.385. The van der Waals surface area contributed by atoms with Crippen LogP contribution >= 0.6 is 0 Å². The van der Waals surface area contributed by atoms with Crippen LogP contribution in [0.1, 0.15) is 26.7 Å². The van der Waals surface area contributed by atoms with Crippen LogP contribution in [0.25, 0.3) is 0 Å². The van der Waals surface area contributed by atoms with Crippen molar-refractivity contribution in [2.45, 2.75) is 26.7 Å². The number of rotatable bonds is 8. The fraction of sp³-hybridized carbons (Fsp3) is 0.583. The number of nitro groups is 1. The third-order valence-corrected chi connectivity index (χ3v) is 3.57. The lowest BCUT2D eigenvalue weighted by Gasteiger charge is -2.26. The molecule has 0 amide bonds. The second-order valence-corrected chi connectivity index (χ2v) is 4.48. The summed E-state index contributed by atoms with van der Waals surface area (Å²) in [5, 5.41) is 23.2. The van der Waals surface area contributed by atoms with E-state index in [1.807, 2.05) is 0 Å². The average molecular weight is 298 g/mol. The molecule has 0 bridgehead atoms. The lowest BCUT2D eigenvalue weighted by Crippen LogP contribution is -2.37. The number of nitrogens with one attached hydrogen (secondary N) is 1. The Morgan fingerprint density at radius 2 is 2.10 bits per heavy atom. The predicted octanol–water partition coefficient (Wildman–Crippen LogP) is 1.70. The number of anilines is 1. The van der Waals surface area contributed by atoms with Gasteiger partial charge in [-0.25, -0.2) is 4.98 Å². The molecule has 0 atom stereocenters. The van der Waals surface area contributed by atoms with Crippen molar-refractivity contribution in [1.29, 1.82) is 0 Å². The number of aliphatic carboxylic acids is 1. The fourth-order valence-corrected chi connectivity index (χ4v) is 1.94. The Morgan fingerprint density at radius 1 is 1.48 bits per heavy atom. The van der Waals surface area contributed by atoms with Crippen LogP contribution in [-0.2, 0) is 4.79 Å². The zero-order chi connectivity index (χ0) is 16.0. The smallest absolute Gasteiger partial charge is 0.372 e. The van der Waals surface area contributed by atoms with Gasteiger partial charge in [-0.1, -0.05) is 13.8 Å². The highest BCUT2D eigenvalue weighted by Crippen LogP contribution is 2.33. The Hall–Kier alpha value is -2.45. The van der Waals surface area contributed by atoms with E-state index in [9.17, 15) is 20.0 Å². The molecular weight excluding hydrogens is 280 g/mol. The van der Waals surface area contributed by atoms with Gasteiger partial charge in [0.25, 0.3) is 5.88 Å². The number of aromatic nitrogens is 2. The summed E-state index contributed by atoms with van der Waals surface area (Å²) in [7, 11) is 1.26. The van der Waals surface area contributed by atoms with Crippen molar-refractivity contribution in [1.82, 2.24) is 9.97 Å².